The van der Waals surface area contributed by atoms with Gasteiger partial charge in [-0.15, -0.1) is 11.3 Å². The molecule has 11 rings (SSSR count). The molecular weight excluding hydrogens is 660 g/mol. The van der Waals surface area contributed by atoms with E-state index in [-0.39, 0.29) is 0 Å². The fourth-order valence-electron chi connectivity index (χ4n) is 7.97. The quantitative estimate of drug-likeness (QED) is 0.173. The van der Waals surface area contributed by atoms with Crippen LogP contribution in [0.2, 0.25) is 0 Å². The summed E-state index contributed by atoms with van der Waals surface area (Å²) in [6.07, 6.45) is -0.719. The smallest absolute Gasteiger partial charge is 0.309 e. The van der Waals surface area contributed by atoms with Crippen LogP contribution in [0, 0.1) is 6.08 Å². The number of hydrogen-bond donors (Lipinski definition) is 0. The molecule has 4 nitrogen and oxygen atoms in total. The topological polar surface area (TPSA) is 35.6 Å². The van der Waals surface area contributed by atoms with Gasteiger partial charge in [-0.25, -0.2) is 9.97 Å². The van der Waals surface area contributed by atoms with Gasteiger partial charge < -0.3 is 9.13 Å². The molecule has 7 aromatic carbocycles. The molecule has 0 saturated heterocycles. The van der Waals surface area contributed by atoms with Gasteiger partial charge in [0.15, 0.2) is 0 Å². The van der Waals surface area contributed by atoms with Crippen LogP contribution in [-0.2, 0) is 0 Å². The molecule has 0 aliphatic rings. The molecule has 0 amide bonds. The van der Waals surface area contributed by atoms with E-state index in [1.165, 1.54) is 38.1 Å². The summed E-state index contributed by atoms with van der Waals surface area (Å²) in [5, 5.41) is 5.73. The highest BCUT2D eigenvalue weighted by molar-refractivity contribution is 7.26. The average Bonchev–Trinajstić information content (AvgIpc) is 3.85. The van der Waals surface area contributed by atoms with Crippen LogP contribution >= 0.6 is 11.3 Å². The number of fused-ring (bicyclic) bond motifs is 9. The van der Waals surface area contributed by atoms with Crippen LogP contribution in [-0.4, -0.2) is 19.1 Å². The molecule has 0 aliphatic heterocycles. The van der Waals surface area contributed by atoms with Crippen LogP contribution in [0.4, 0.5) is 4.39 Å². The second-order valence-electron chi connectivity index (χ2n) is 13.2. The third-order valence-corrected chi connectivity index (χ3v) is 11.4. The summed E-state index contributed by atoms with van der Waals surface area (Å²) in [6, 6.07) is 57.5. The number of rotatable bonds is 4. The average molecular weight is 687 g/mol. The summed E-state index contributed by atoms with van der Waals surface area (Å²) in [6.45, 7) is 0. The van der Waals surface area contributed by atoms with Crippen LogP contribution in [0.15, 0.2) is 164 Å². The second kappa shape index (κ2) is 11.2. The predicted molar refractivity (Wildman–Crippen MR) is 214 cm³/mol. The van der Waals surface area contributed by atoms with Gasteiger partial charge in [0, 0.05) is 48.6 Å². The van der Waals surface area contributed by atoms with E-state index in [4.69, 9.17) is 0 Å². The molecule has 0 saturated carbocycles. The maximum Gasteiger partial charge on any atom is 0.309 e. The Morgan fingerprint density at radius 3 is 1.63 bits per heavy atom. The summed E-state index contributed by atoms with van der Waals surface area (Å²) in [4.78, 5) is 8.55. The van der Waals surface area contributed by atoms with Crippen LogP contribution in [0.3, 0.4) is 0 Å². The first-order chi connectivity index (χ1) is 25.7. The Labute approximate surface area is 301 Å². The fraction of sp³-hybridized carbons (Fsp3) is 0. The van der Waals surface area contributed by atoms with Gasteiger partial charge in [0.05, 0.1) is 38.0 Å². The van der Waals surface area contributed by atoms with E-state index in [1.807, 2.05) is 30.3 Å². The number of hydrogen-bond acceptors (Lipinski definition) is 3. The van der Waals surface area contributed by atoms with Crippen molar-refractivity contribution in [3.63, 3.8) is 0 Å². The van der Waals surface area contributed by atoms with Crippen molar-refractivity contribution in [1.29, 1.82) is 0 Å². The number of thiophene rings is 1. The van der Waals surface area contributed by atoms with Gasteiger partial charge >= 0.3 is 6.08 Å². The molecule has 4 aromatic heterocycles. The van der Waals surface area contributed by atoms with Crippen molar-refractivity contribution in [3.05, 3.63) is 170 Å². The first-order valence-corrected chi connectivity index (χ1v) is 18.1. The summed E-state index contributed by atoms with van der Waals surface area (Å²) in [7, 11) is 0. The SMILES string of the molecule is Fc1nc(-c2ccccc2)c2sc3ccc(-n4c5ccccc5c5cc(-c6ccc7c(c6)c6ccccc6n7-c6ccccc6)ccc54)cc3c2n1. The van der Waals surface area contributed by atoms with E-state index in [9.17, 15) is 4.39 Å². The van der Waals surface area contributed by atoms with E-state index < -0.39 is 6.08 Å². The molecule has 11 aromatic rings. The van der Waals surface area contributed by atoms with Crippen LogP contribution in [0.1, 0.15) is 0 Å². The third kappa shape index (κ3) is 4.31. The molecule has 52 heavy (non-hydrogen) atoms. The lowest BCUT2D eigenvalue weighted by molar-refractivity contribution is 0.546. The van der Waals surface area contributed by atoms with Crippen molar-refractivity contribution in [2.24, 2.45) is 0 Å². The fourth-order valence-corrected chi connectivity index (χ4v) is 9.11. The molecule has 4 heterocycles. The minimum atomic E-state index is -0.719. The molecule has 0 bridgehead atoms. The Morgan fingerprint density at radius 1 is 0.423 bits per heavy atom. The Balaban J connectivity index is 1.09. The standard InChI is InChI=1S/C46H27FN4S/c47-46-48-43(28-11-3-1-4-12-28)45-44(49-46)37-27-32(21-24-42(37)52-45)51-39-18-10-8-16-34(39)36-26-30(20-23-41(36)51)29-19-22-40-35(25-29)33-15-7-9-17-38(33)50(40)31-13-5-2-6-14-31/h1-27H. The van der Waals surface area contributed by atoms with Crippen molar-refractivity contribution in [2.45, 2.75) is 0 Å². The van der Waals surface area contributed by atoms with Crippen LogP contribution in [0.25, 0.3) is 97.7 Å². The second-order valence-corrected chi connectivity index (χ2v) is 14.2. The first-order valence-electron chi connectivity index (χ1n) is 17.3. The third-order valence-electron chi connectivity index (χ3n) is 10.3. The normalized spacial score (nSPS) is 11.9. The zero-order valence-corrected chi connectivity index (χ0v) is 28.5. The molecule has 0 atom stereocenters. The molecule has 0 N–H and O–H groups in total. The van der Waals surface area contributed by atoms with Crippen molar-refractivity contribution < 1.29 is 4.39 Å². The van der Waals surface area contributed by atoms with Crippen LogP contribution < -0.4 is 0 Å². The highest BCUT2D eigenvalue weighted by Gasteiger charge is 2.19. The van der Waals surface area contributed by atoms with Crippen LogP contribution in [0.5, 0.6) is 0 Å². The summed E-state index contributed by atoms with van der Waals surface area (Å²) in [5.41, 5.74) is 11.2. The number of benzene rings is 7. The zero-order valence-electron chi connectivity index (χ0n) is 27.7. The summed E-state index contributed by atoms with van der Waals surface area (Å²) in [5.74, 6) is 0. The first kappa shape index (κ1) is 29.1. The van der Waals surface area contributed by atoms with Gasteiger partial charge in [-0.1, -0.05) is 97.1 Å². The maximum absolute atomic E-state index is 15.0. The van der Waals surface area contributed by atoms with E-state index >= 15 is 0 Å². The zero-order chi connectivity index (χ0) is 34.3. The van der Waals surface area contributed by atoms with E-state index in [1.54, 1.807) is 11.3 Å². The molecule has 0 spiro atoms. The number of nitrogens with zero attached hydrogens (tertiary/aromatic N) is 4. The number of halogens is 1. The Kier molecular flexibility index (Phi) is 6.27. The molecule has 0 aliphatic carbocycles. The maximum atomic E-state index is 15.0. The lowest BCUT2D eigenvalue weighted by atomic mass is 10.0. The van der Waals surface area contributed by atoms with Gasteiger partial charge in [-0.05, 0) is 77.9 Å². The van der Waals surface area contributed by atoms with E-state index in [0.717, 1.165) is 48.3 Å². The molecule has 0 radical (unpaired) electrons. The summed E-state index contributed by atoms with van der Waals surface area (Å²) < 4.78 is 21.6. The Hall–Kier alpha value is -6.63. The predicted octanol–water partition coefficient (Wildman–Crippen LogP) is 12.5. The van der Waals surface area contributed by atoms with Crippen molar-refractivity contribution in [2.75, 3.05) is 0 Å². The van der Waals surface area contributed by atoms with Gasteiger partial charge in [-0.3, -0.25) is 0 Å². The van der Waals surface area contributed by atoms with E-state index in [0.29, 0.717) is 11.2 Å². The molecule has 0 unspecified atom stereocenters. The van der Waals surface area contributed by atoms with E-state index in [2.05, 4.69) is 153 Å². The lowest BCUT2D eigenvalue weighted by Gasteiger charge is -2.10. The minimum Gasteiger partial charge on any atom is -0.309 e. The molecular formula is C46H27FN4S. The highest BCUT2D eigenvalue weighted by atomic mass is 32.1. The molecule has 0 fully saturated rings. The minimum absolute atomic E-state index is 0.623. The summed E-state index contributed by atoms with van der Waals surface area (Å²) >= 11 is 1.60. The monoisotopic (exact) mass is 686 g/mol. The van der Waals surface area contributed by atoms with Gasteiger partial charge in [0.2, 0.25) is 0 Å². The van der Waals surface area contributed by atoms with Crippen molar-refractivity contribution in [3.8, 4) is 33.8 Å². The van der Waals surface area contributed by atoms with Gasteiger partial charge in [-0.2, -0.15) is 4.39 Å². The Bertz CT molecular complexity index is 3190. The van der Waals surface area contributed by atoms with Crippen molar-refractivity contribution >= 4 is 75.3 Å². The Morgan fingerprint density at radius 2 is 0.981 bits per heavy atom. The highest BCUT2D eigenvalue weighted by Crippen LogP contribution is 2.41. The van der Waals surface area contributed by atoms with Crippen molar-refractivity contribution in [1.82, 2.24) is 19.1 Å². The molecule has 6 heteroatoms. The number of para-hydroxylation sites is 3. The van der Waals surface area contributed by atoms with Gasteiger partial charge in [0.1, 0.15) is 0 Å². The molecule has 244 valence electrons. The number of aromatic nitrogens is 4. The largest absolute Gasteiger partial charge is 0.309 e. The lowest BCUT2D eigenvalue weighted by Crippen LogP contribution is -1.94. The van der Waals surface area contributed by atoms with Gasteiger partial charge in [0.25, 0.3) is 0 Å².